The van der Waals surface area contributed by atoms with E-state index in [0.29, 0.717) is 6.42 Å². The monoisotopic (exact) mass is 256 g/mol. The summed E-state index contributed by atoms with van der Waals surface area (Å²) in [5, 5.41) is 3.41. The fourth-order valence-electron chi connectivity index (χ4n) is 2.62. The van der Waals surface area contributed by atoms with Crippen LogP contribution in [0.2, 0.25) is 0 Å². The maximum atomic E-state index is 11.0. The van der Waals surface area contributed by atoms with Gasteiger partial charge in [-0.25, -0.2) is 5.84 Å². The van der Waals surface area contributed by atoms with Crippen LogP contribution in [0.3, 0.4) is 0 Å². The Balaban J connectivity index is 2.09. The third-order valence-corrected chi connectivity index (χ3v) is 3.74. The average Bonchev–Trinajstić information content (AvgIpc) is 2.43. The topological polar surface area (TPSA) is 70.4 Å². The van der Waals surface area contributed by atoms with Crippen LogP contribution in [-0.4, -0.2) is 43.0 Å². The van der Waals surface area contributed by atoms with Gasteiger partial charge >= 0.3 is 0 Å². The summed E-state index contributed by atoms with van der Waals surface area (Å²) in [5.74, 6) is 4.99. The summed E-state index contributed by atoms with van der Waals surface area (Å²) >= 11 is 0. The van der Waals surface area contributed by atoms with E-state index in [-0.39, 0.29) is 5.91 Å². The van der Waals surface area contributed by atoms with Crippen LogP contribution in [0.25, 0.3) is 0 Å². The lowest BCUT2D eigenvalue weighted by Crippen LogP contribution is -2.43. The lowest BCUT2D eigenvalue weighted by atomic mass is 10.0. The molecule has 1 aliphatic rings. The highest BCUT2D eigenvalue weighted by molar-refractivity contribution is 5.74. The molecule has 0 aromatic heterocycles. The van der Waals surface area contributed by atoms with E-state index in [1.807, 2.05) is 0 Å². The van der Waals surface area contributed by atoms with E-state index in [1.165, 1.54) is 19.3 Å². The Morgan fingerprint density at radius 3 is 2.67 bits per heavy atom. The third kappa shape index (κ3) is 5.80. The lowest BCUT2D eigenvalue weighted by molar-refractivity contribution is -0.121. The molecule has 0 aromatic carbocycles. The molecular formula is C13H28N4O. The van der Waals surface area contributed by atoms with Crippen LogP contribution in [0.1, 0.15) is 45.4 Å². The largest absolute Gasteiger partial charge is 0.317 e. The first kappa shape index (κ1) is 15.4. The SMILES string of the molecule is CCN(CCCCCC(=O)NN)C1CCNCC1. The second kappa shape index (κ2) is 9.30. The molecular weight excluding hydrogens is 228 g/mol. The molecule has 1 amide bonds. The highest BCUT2D eigenvalue weighted by Crippen LogP contribution is 2.13. The molecule has 0 spiro atoms. The first-order valence-corrected chi connectivity index (χ1v) is 7.22. The molecule has 1 aliphatic heterocycles. The van der Waals surface area contributed by atoms with Crippen molar-refractivity contribution in [3.8, 4) is 0 Å². The zero-order valence-corrected chi connectivity index (χ0v) is 11.6. The van der Waals surface area contributed by atoms with Crippen molar-refractivity contribution in [2.24, 2.45) is 5.84 Å². The minimum Gasteiger partial charge on any atom is -0.317 e. The van der Waals surface area contributed by atoms with Gasteiger partial charge in [0.25, 0.3) is 0 Å². The number of hydrogen-bond donors (Lipinski definition) is 3. The predicted octanol–water partition coefficient (Wildman–Crippen LogP) is 0.611. The Morgan fingerprint density at radius 1 is 1.33 bits per heavy atom. The number of piperidine rings is 1. The van der Waals surface area contributed by atoms with Gasteiger partial charge in [0, 0.05) is 12.5 Å². The molecule has 0 atom stereocenters. The molecule has 0 aromatic rings. The van der Waals surface area contributed by atoms with E-state index in [4.69, 9.17) is 5.84 Å². The van der Waals surface area contributed by atoms with E-state index in [0.717, 1.165) is 45.1 Å². The van der Waals surface area contributed by atoms with Crippen LogP contribution >= 0.6 is 0 Å². The van der Waals surface area contributed by atoms with Crippen molar-refractivity contribution in [3.63, 3.8) is 0 Å². The molecule has 0 radical (unpaired) electrons. The van der Waals surface area contributed by atoms with Crippen LogP contribution in [0.15, 0.2) is 0 Å². The number of carbonyl (C=O) groups is 1. The van der Waals surface area contributed by atoms with Crippen LogP contribution in [0.4, 0.5) is 0 Å². The second-order valence-corrected chi connectivity index (χ2v) is 4.99. The summed E-state index contributed by atoms with van der Waals surface area (Å²) in [6.45, 7) is 6.83. The summed E-state index contributed by atoms with van der Waals surface area (Å²) in [4.78, 5) is 13.5. The average molecular weight is 256 g/mol. The van der Waals surface area contributed by atoms with Gasteiger partial charge in [0.1, 0.15) is 0 Å². The molecule has 5 nitrogen and oxygen atoms in total. The lowest BCUT2D eigenvalue weighted by Gasteiger charge is -2.33. The molecule has 0 aliphatic carbocycles. The highest BCUT2D eigenvalue weighted by atomic mass is 16.2. The van der Waals surface area contributed by atoms with E-state index >= 15 is 0 Å². The summed E-state index contributed by atoms with van der Waals surface area (Å²) in [6, 6.07) is 0.753. The molecule has 5 heteroatoms. The van der Waals surface area contributed by atoms with Crippen LogP contribution < -0.4 is 16.6 Å². The molecule has 18 heavy (non-hydrogen) atoms. The quantitative estimate of drug-likeness (QED) is 0.258. The van der Waals surface area contributed by atoms with Crippen molar-refractivity contribution in [2.45, 2.75) is 51.5 Å². The van der Waals surface area contributed by atoms with Crippen LogP contribution in [-0.2, 0) is 4.79 Å². The predicted molar refractivity (Wildman–Crippen MR) is 73.9 cm³/mol. The fraction of sp³-hybridized carbons (Fsp3) is 0.923. The number of hydrogen-bond acceptors (Lipinski definition) is 4. The van der Waals surface area contributed by atoms with Gasteiger partial charge in [-0.3, -0.25) is 10.2 Å². The Bertz CT molecular complexity index is 229. The molecule has 1 saturated heterocycles. The Kier molecular flexibility index (Phi) is 7.96. The number of nitrogens with one attached hydrogen (secondary N) is 2. The molecule has 0 saturated carbocycles. The fourth-order valence-corrected chi connectivity index (χ4v) is 2.62. The number of carbonyl (C=O) groups excluding carboxylic acids is 1. The molecule has 4 N–H and O–H groups in total. The van der Waals surface area contributed by atoms with Crippen molar-refractivity contribution >= 4 is 5.91 Å². The first-order valence-electron chi connectivity index (χ1n) is 7.22. The Hall–Kier alpha value is -0.650. The number of rotatable bonds is 8. The zero-order chi connectivity index (χ0) is 13.2. The minimum atomic E-state index is -0.0549. The van der Waals surface area contributed by atoms with Crippen molar-refractivity contribution in [1.29, 1.82) is 0 Å². The van der Waals surface area contributed by atoms with Crippen LogP contribution in [0, 0.1) is 0 Å². The molecule has 0 bridgehead atoms. The minimum absolute atomic E-state index is 0.0549. The summed E-state index contributed by atoms with van der Waals surface area (Å²) in [5.41, 5.74) is 2.17. The Labute approximate surface area is 110 Å². The first-order chi connectivity index (χ1) is 8.77. The molecule has 0 unspecified atom stereocenters. The van der Waals surface area contributed by atoms with E-state index in [9.17, 15) is 4.79 Å². The maximum absolute atomic E-state index is 11.0. The number of nitrogens with two attached hydrogens (primary N) is 1. The van der Waals surface area contributed by atoms with Gasteiger partial charge in [-0.05, 0) is 51.9 Å². The zero-order valence-electron chi connectivity index (χ0n) is 11.6. The van der Waals surface area contributed by atoms with Gasteiger partial charge in [0.2, 0.25) is 5.91 Å². The smallest absolute Gasteiger partial charge is 0.233 e. The maximum Gasteiger partial charge on any atom is 0.233 e. The molecule has 1 fully saturated rings. The van der Waals surface area contributed by atoms with E-state index < -0.39 is 0 Å². The number of amides is 1. The summed E-state index contributed by atoms with van der Waals surface area (Å²) < 4.78 is 0. The summed E-state index contributed by atoms with van der Waals surface area (Å²) in [6.07, 6.45) is 6.31. The van der Waals surface area contributed by atoms with Gasteiger partial charge < -0.3 is 10.2 Å². The molecule has 106 valence electrons. The van der Waals surface area contributed by atoms with Crippen molar-refractivity contribution in [2.75, 3.05) is 26.2 Å². The van der Waals surface area contributed by atoms with Gasteiger partial charge in [-0.15, -0.1) is 0 Å². The third-order valence-electron chi connectivity index (χ3n) is 3.74. The number of unbranched alkanes of at least 4 members (excludes halogenated alkanes) is 2. The highest BCUT2D eigenvalue weighted by Gasteiger charge is 2.18. The van der Waals surface area contributed by atoms with Crippen molar-refractivity contribution in [3.05, 3.63) is 0 Å². The number of hydrazine groups is 1. The summed E-state index contributed by atoms with van der Waals surface area (Å²) in [7, 11) is 0. The standard InChI is InChI=1S/C13H28N4O/c1-2-17(12-7-9-15-10-8-12)11-5-3-4-6-13(18)16-14/h12,15H,2-11,14H2,1H3,(H,16,18). The van der Waals surface area contributed by atoms with Crippen molar-refractivity contribution < 1.29 is 4.79 Å². The van der Waals surface area contributed by atoms with Gasteiger partial charge in [-0.1, -0.05) is 13.3 Å². The normalized spacial score (nSPS) is 17.1. The number of nitrogens with zero attached hydrogens (tertiary/aromatic N) is 1. The van der Waals surface area contributed by atoms with E-state index in [2.05, 4.69) is 22.6 Å². The van der Waals surface area contributed by atoms with Gasteiger partial charge in [-0.2, -0.15) is 0 Å². The van der Waals surface area contributed by atoms with Crippen molar-refractivity contribution in [1.82, 2.24) is 15.6 Å². The molecule has 1 heterocycles. The van der Waals surface area contributed by atoms with Crippen LogP contribution in [0.5, 0.6) is 0 Å². The van der Waals surface area contributed by atoms with Gasteiger partial charge in [0.15, 0.2) is 0 Å². The second-order valence-electron chi connectivity index (χ2n) is 4.99. The molecule has 1 rings (SSSR count). The van der Waals surface area contributed by atoms with Gasteiger partial charge in [0.05, 0.1) is 0 Å². The van der Waals surface area contributed by atoms with E-state index in [1.54, 1.807) is 0 Å². The Morgan fingerprint density at radius 2 is 2.06 bits per heavy atom.